The largest absolute Gasteiger partial charge is 0.469 e. The molecule has 3 aliphatic rings. The molecule has 4 heterocycles. The molecule has 0 spiro atoms. The number of rotatable bonds is 13. The number of hydrogen-bond acceptors (Lipinski definition) is 12. The first kappa shape index (κ1) is 40.3. The van der Waals surface area contributed by atoms with Gasteiger partial charge in [-0.2, -0.15) is 0 Å². The molecule has 0 radical (unpaired) electrons. The Morgan fingerprint density at radius 2 is 1.25 bits per heavy atom. The van der Waals surface area contributed by atoms with Crippen molar-refractivity contribution in [2.45, 2.75) is 86.0 Å². The third-order valence-corrected chi connectivity index (χ3v) is 10.2. The summed E-state index contributed by atoms with van der Waals surface area (Å²) in [6, 6.07) is 0. The molecule has 1 aromatic heterocycles. The molecule has 0 amide bonds. The normalized spacial score (nSPS) is 20.0. The fraction of sp³-hybridized carbons (Fsp3) is 0.513. The summed E-state index contributed by atoms with van der Waals surface area (Å²) in [6.45, 7) is 10.4. The lowest BCUT2D eigenvalue weighted by Crippen LogP contribution is -2.13. The van der Waals surface area contributed by atoms with Crippen molar-refractivity contribution in [3.05, 3.63) is 56.8 Å². The van der Waals surface area contributed by atoms with Crippen LogP contribution in [0.4, 0.5) is 0 Å². The number of nitrogens with one attached hydrogen (secondary N) is 1. The number of carbonyl (C=O) groups excluding carboxylic acids is 4. The molecule has 13 heteroatoms. The lowest BCUT2D eigenvalue weighted by Gasteiger charge is -2.18. The average Bonchev–Trinajstić information content (AvgIpc) is 3.77. The Kier molecular flexibility index (Phi) is 13.1. The summed E-state index contributed by atoms with van der Waals surface area (Å²) in [6.07, 6.45) is 9.71. The number of H-pyrrole nitrogens is 1. The maximum absolute atomic E-state index is 12.8. The molecule has 1 N–H and O–H groups in total. The van der Waals surface area contributed by atoms with Crippen LogP contribution < -0.4 is 0 Å². The number of aromatic amines is 1. The molecule has 0 fully saturated rings. The van der Waals surface area contributed by atoms with Gasteiger partial charge in [0.1, 0.15) is 0 Å². The van der Waals surface area contributed by atoms with Crippen molar-refractivity contribution in [1.29, 1.82) is 0 Å². The summed E-state index contributed by atoms with van der Waals surface area (Å²) in [4.78, 5) is 68.8. The number of nitrogens with zero attached hydrogens (tertiary/aromatic N) is 3. The first-order valence-electron chi connectivity index (χ1n) is 17.2. The summed E-state index contributed by atoms with van der Waals surface area (Å²) < 4.78 is 20.1. The van der Waals surface area contributed by atoms with E-state index in [2.05, 4.69) is 32.7 Å². The lowest BCUT2D eigenvalue weighted by molar-refractivity contribution is -0.141. The lowest BCUT2D eigenvalue weighted by atomic mass is 9.86. The monoisotopic (exact) mass is 734 g/mol. The third kappa shape index (κ3) is 9.47. The van der Waals surface area contributed by atoms with E-state index in [1.807, 2.05) is 31.4 Å². The minimum absolute atomic E-state index is 0.0464. The summed E-state index contributed by atoms with van der Waals surface area (Å²) in [5, 5.41) is 1.00. The SMILES string of the molecule is COC(=O)CCC1=C(CC(=O)OC)C(/C=C2\N=C(SC)CC2(C)C)=NC/1=C\c1[nH]c(/C=C2\N=C(C)CC2(C)C)c(CC(=O)OC)c1CCC(=O)OC. The number of hydrogen-bond donors (Lipinski definition) is 1. The number of esters is 4. The number of aliphatic imine (C=N–C) groups is 3. The summed E-state index contributed by atoms with van der Waals surface area (Å²) in [5.41, 5.74) is 7.17. The molecule has 0 saturated heterocycles. The molecule has 0 unspecified atom stereocenters. The second-order valence-corrected chi connectivity index (χ2v) is 15.2. The van der Waals surface area contributed by atoms with Crippen LogP contribution in [0.5, 0.6) is 0 Å². The predicted molar refractivity (Wildman–Crippen MR) is 204 cm³/mol. The Morgan fingerprint density at radius 3 is 1.81 bits per heavy atom. The molecule has 52 heavy (non-hydrogen) atoms. The third-order valence-electron chi connectivity index (χ3n) is 9.52. The van der Waals surface area contributed by atoms with Crippen LogP contribution in [0, 0.1) is 10.8 Å². The Hall–Kier alpha value is -4.52. The van der Waals surface area contributed by atoms with Crippen LogP contribution in [0.2, 0.25) is 0 Å². The van der Waals surface area contributed by atoms with Gasteiger partial charge in [-0.25, -0.2) is 4.99 Å². The van der Waals surface area contributed by atoms with Crippen LogP contribution in [0.3, 0.4) is 0 Å². The van der Waals surface area contributed by atoms with E-state index in [1.54, 1.807) is 11.8 Å². The Bertz CT molecular complexity index is 1850. The summed E-state index contributed by atoms with van der Waals surface area (Å²) >= 11 is 1.60. The van der Waals surface area contributed by atoms with E-state index in [0.717, 1.165) is 35.0 Å². The van der Waals surface area contributed by atoms with Crippen LogP contribution in [0.15, 0.2) is 49.3 Å². The van der Waals surface area contributed by atoms with E-state index in [1.165, 1.54) is 28.4 Å². The Balaban J connectivity index is 2.02. The zero-order chi connectivity index (χ0) is 38.4. The molecule has 0 aromatic carbocycles. The van der Waals surface area contributed by atoms with Gasteiger partial charge in [0.15, 0.2) is 0 Å². The maximum atomic E-state index is 12.8. The van der Waals surface area contributed by atoms with E-state index in [-0.39, 0.29) is 49.4 Å². The number of aromatic nitrogens is 1. The summed E-state index contributed by atoms with van der Waals surface area (Å²) in [7, 11) is 5.32. The number of carbonyl (C=O) groups is 4. The first-order chi connectivity index (χ1) is 24.5. The van der Waals surface area contributed by atoms with Gasteiger partial charge in [-0.3, -0.25) is 29.2 Å². The van der Waals surface area contributed by atoms with Crippen LogP contribution in [0.25, 0.3) is 12.2 Å². The predicted octanol–water partition coefficient (Wildman–Crippen LogP) is 6.75. The van der Waals surface area contributed by atoms with Crippen molar-refractivity contribution in [2.24, 2.45) is 25.8 Å². The van der Waals surface area contributed by atoms with Gasteiger partial charge in [-0.15, -0.1) is 11.8 Å². The topological polar surface area (TPSA) is 158 Å². The Morgan fingerprint density at radius 1 is 0.692 bits per heavy atom. The van der Waals surface area contributed by atoms with Crippen LogP contribution in [-0.4, -0.2) is 80.0 Å². The van der Waals surface area contributed by atoms with Gasteiger partial charge in [-0.1, -0.05) is 27.7 Å². The number of ether oxygens (including phenoxy) is 4. The standard InChI is InChI=1S/C39H50N4O8S/c1-22-20-38(2,3)31(40-22)18-29-25(15-36(46)50-8)23(11-13-34(44)48-6)27(41-29)17-28-24(12-14-35(45)49-7)26(16-37(47)51-9)30(42-28)19-32-39(4,5)21-33(43-32)52-10/h17-19,41H,11-16,20-21H2,1-10H3/b28-17-,31-18-,32-19-. The van der Waals surface area contributed by atoms with Gasteiger partial charge in [0.05, 0.1) is 57.7 Å². The molecule has 0 bridgehead atoms. The highest BCUT2D eigenvalue weighted by atomic mass is 32.2. The van der Waals surface area contributed by atoms with E-state index in [4.69, 9.17) is 33.9 Å². The van der Waals surface area contributed by atoms with Gasteiger partial charge in [0.25, 0.3) is 0 Å². The molecule has 1 aromatic rings. The summed E-state index contributed by atoms with van der Waals surface area (Å²) in [5.74, 6) is -1.72. The van der Waals surface area contributed by atoms with Crippen LogP contribution in [0.1, 0.15) is 95.7 Å². The second-order valence-electron chi connectivity index (χ2n) is 14.3. The highest BCUT2D eigenvalue weighted by Crippen LogP contribution is 2.43. The quantitative estimate of drug-likeness (QED) is 0.171. The van der Waals surface area contributed by atoms with Gasteiger partial charge >= 0.3 is 23.9 Å². The van der Waals surface area contributed by atoms with E-state index in [0.29, 0.717) is 45.1 Å². The van der Waals surface area contributed by atoms with Gasteiger partial charge in [-0.05, 0) is 72.9 Å². The second kappa shape index (κ2) is 16.9. The molecule has 0 aliphatic carbocycles. The van der Waals surface area contributed by atoms with Crippen molar-refractivity contribution in [3.63, 3.8) is 0 Å². The molecular weight excluding hydrogens is 685 g/mol. The first-order valence-corrected chi connectivity index (χ1v) is 18.4. The molecule has 12 nitrogen and oxygen atoms in total. The van der Waals surface area contributed by atoms with Gasteiger partial charge in [0.2, 0.25) is 0 Å². The highest BCUT2D eigenvalue weighted by molar-refractivity contribution is 8.13. The van der Waals surface area contributed by atoms with E-state index < -0.39 is 23.9 Å². The van der Waals surface area contributed by atoms with Crippen molar-refractivity contribution in [3.8, 4) is 0 Å². The molecular formula is C39H50N4O8S. The molecule has 4 rings (SSSR count). The zero-order valence-electron chi connectivity index (χ0n) is 31.9. The minimum Gasteiger partial charge on any atom is -0.469 e. The van der Waals surface area contributed by atoms with E-state index >= 15 is 0 Å². The van der Waals surface area contributed by atoms with Crippen molar-refractivity contribution in [2.75, 3.05) is 34.7 Å². The fourth-order valence-electron chi connectivity index (χ4n) is 6.63. The van der Waals surface area contributed by atoms with Crippen molar-refractivity contribution < 1.29 is 38.1 Å². The Labute approximate surface area is 310 Å². The molecule has 3 aliphatic heterocycles. The van der Waals surface area contributed by atoms with Gasteiger partial charge in [0, 0.05) is 58.6 Å². The van der Waals surface area contributed by atoms with Crippen molar-refractivity contribution in [1.82, 2.24) is 4.98 Å². The van der Waals surface area contributed by atoms with Crippen molar-refractivity contribution >= 4 is 64.3 Å². The fourth-order valence-corrected chi connectivity index (χ4v) is 7.33. The maximum Gasteiger partial charge on any atom is 0.310 e. The zero-order valence-corrected chi connectivity index (χ0v) is 32.7. The smallest absolute Gasteiger partial charge is 0.310 e. The minimum atomic E-state index is -0.458. The average molecular weight is 735 g/mol. The molecule has 280 valence electrons. The molecule has 0 atom stereocenters. The van der Waals surface area contributed by atoms with E-state index in [9.17, 15) is 19.2 Å². The van der Waals surface area contributed by atoms with Crippen LogP contribution >= 0.6 is 11.8 Å². The number of allylic oxidation sites excluding steroid dienone is 4. The molecule has 0 saturated carbocycles. The van der Waals surface area contributed by atoms with Gasteiger partial charge < -0.3 is 23.9 Å². The number of thioether (sulfide) groups is 1. The number of methoxy groups -OCH3 is 4. The van der Waals surface area contributed by atoms with Crippen LogP contribution in [-0.2, 0) is 51.0 Å². The highest BCUT2D eigenvalue weighted by Gasteiger charge is 2.34.